The highest BCUT2D eigenvalue weighted by Crippen LogP contribution is 2.37. The van der Waals surface area contributed by atoms with Crippen LogP contribution in [0.1, 0.15) is 48.2 Å². The lowest BCUT2D eigenvalue weighted by Gasteiger charge is -2.29. The van der Waals surface area contributed by atoms with Crippen molar-refractivity contribution >= 4 is 46.3 Å². The minimum atomic E-state index is -0.398. The number of thioether (sulfide) groups is 1. The number of hydrogen-bond acceptors (Lipinski definition) is 6. The van der Waals surface area contributed by atoms with E-state index in [2.05, 4.69) is 0 Å². The average molecular weight is 428 g/mol. The summed E-state index contributed by atoms with van der Waals surface area (Å²) in [5.74, 6) is 0.764. The van der Waals surface area contributed by atoms with Gasteiger partial charge in [-0.15, -0.1) is 0 Å². The average Bonchev–Trinajstić information content (AvgIpc) is 3.32. The van der Waals surface area contributed by atoms with Gasteiger partial charge < -0.3 is 9.15 Å². The normalized spacial score (nSPS) is 19.2. The smallest absolute Gasteiger partial charge is 0.337 e. The van der Waals surface area contributed by atoms with Gasteiger partial charge in [0.25, 0.3) is 5.91 Å². The molecule has 1 amide bonds. The van der Waals surface area contributed by atoms with Crippen molar-refractivity contribution in [3.05, 3.63) is 52.6 Å². The van der Waals surface area contributed by atoms with Gasteiger partial charge in [-0.1, -0.05) is 55.4 Å². The number of hydrogen-bond donors (Lipinski definition) is 0. The summed E-state index contributed by atoms with van der Waals surface area (Å²) >= 11 is 6.81. The van der Waals surface area contributed by atoms with Crippen molar-refractivity contribution in [3.8, 4) is 11.3 Å². The number of rotatable bonds is 4. The Morgan fingerprint density at radius 2 is 2.03 bits per heavy atom. The molecule has 150 valence electrons. The van der Waals surface area contributed by atoms with Crippen LogP contribution in [0, 0.1) is 0 Å². The predicted molar refractivity (Wildman–Crippen MR) is 117 cm³/mol. The number of nitrogens with zero attached hydrogens (tertiary/aromatic N) is 1. The monoisotopic (exact) mass is 427 g/mol. The van der Waals surface area contributed by atoms with Gasteiger partial charge in [-0.25, -0.2) is 4.79 Å². The van der Waals surface area contributed by atoms with Gasteiger partial charge in [0.05, 0.1) is 17.6 Å². The van der Waals surface area contributed by atoms with Gasteiger partial charge in [0.2, 0.25) is 0 Å². The van der Waals surface area contributed by atoms with Gasteiger partial charge in [0, 0.05) is 17.7 Å². The zero-order valence-corrected chi connectivity index (χ0v) is 17.7. The van der Waals surface area contributed by atoms with Gasteiger partial charge in [-0.2, -0.15) is 0 Å². The molecule has 0 spiro atoms. The van der Waals surface area contributed by atoms with Gasteiger partial charge in [0.1, 0.15) is 15.8 Å². The van der Waals surface area contributed by atoms with Crippen LogP contribution >= 0.6 is 24.0 Å². The van der Waals surface area contributed by atoms with Crippen molar-refractivity contribution in [2.75, 3.05) is 7.11 Å². The van der Waals surface area contributed by atoms with Crippen molar-refractivity contribution in [1.82, 2.24) is 4.90 Å². The summed E-state index contributed by atoms with van der Waals surface area (Å²) in [5.41, 5.74) is 1.22. The second kappa shape index (κ2) is 8.55. The van der Waals surface area contributed by atoms with Crippen LogP contribution in [0.15, 0.2) is 45.7 Å². The molecule has 5 nitrogen and oxygen atoms in total. The molecule has 1 aliphatic heterocycles. The Balaban J connectivity index is 1.54. The molecule has 0 N–H and O–H groups in total. The number of furan rings is 1. The highest BCUT2D eigenvalue weighted by molar-refractivity contribution is 8.26. The molecule has 0 bridgehead atoms. The first kappa shape index (κ1) is 19.9. The first-order valence-electron chi connectivity index (χ1n) is 9.62. The third kappa shape index (κ3) is 4.16. The number of esters is 1. The van der Waals surface area contributed by atoms with Crippen LogP contribution in [0.4, 0.5) is 0 Å². The summed E-state index contributed by atoms with van der Waals surface area (Å²) in [4.78, 5) is 27.0. The highest BCUT2D eigenvalue weighted by atomic mass is 32.2. The van der Waals surface area contributed by atoms with Crippen LogP contribution < -0.4 is 0 Å². The molecule has 2 aliphatic rings. The van der Waals surface area contributed by atoms with E-state index >= 15 is 0 Å². The molecule has 2 heterocycles. The summed E-state index contributed by atoms with van der Waals surface area (Å²) in [6.45, 7) is 0. The zero-order chi connectivity index (χ0) is 20.4. The van der Waals surface area contributed by atoms with Crippen molar-refractivity contribution in [1.29, 1.82) is 0 Å². The fourth-order valence-corrected chi connectivity index (χ4v) is 5.15. The maximum Gasteiger partial charge on any atom is 0.337 e. The number of benzene rings is 1. The Morgan fingerprint density at radius 3 is 2.79 bits per heavy atom. The van der Waals surface area contributed by atoms with E-state index in [0.29, 0.717) is 26.3 Å². The predicted octanol–water partition coefficient (Wildman–Crippen LogP) is 5.27. The van der Waals surface area contributed by atoms with Gasteiger partial charge >= 0.3 is 5.97 Å². The molecule has 0 unspecified atom stereocenters. The van der Waals surface area contributed by atoms with Crippen molar-refractivity contribution in [2.45, 2.75) is 38.1 Å². The number of amides is 1. The molecule has 0 atom stereocenters. The molecule has 1 saturated carbocycles. The van der Waals surface area contributed by atoms with E-state index in [1.54, 1.807) is 29.2 Å². The van der Waals surface area contributed by atoms with Gasteiger partial charge in [-0.3, -0.25) is 9.69 Å². The molecule has 29 heavy (non-hydrogen) atoms. The number of ether oxygens (including phenoxy) is 1. The van der Waals surface area contributed by atoms with E-state index in [-0.39, 0.29) is 11.9 Å². The quantitative estimate of drug-likeness (QED) is 0.376. The first-order chi connectivity index (χ1) is 14.1. The van der Waals surface area contributed by atoms with E-state index in [1.807, 2.05) is 18.2 Å². The summed E-state index contributed by atoms with van der Waals surface area (Å²) in [6.07, 6.45) is 7.30. The molecule has 4 rings (SSSR count). The lowest BCUT2D eigenvalue weighted by molar-refractivity contribution is -0.124. The highest BCUT2D eigenvalue weighted by Gasteiger charge is 2.37. The fourth-order valence-electron chi connectivity index (χ4n) is 3.77. The molecule has 1 saturated heterocycles. The lowest BCUT2D eigenvalue weighted by atomic mass is 9.94. The number of thiocarbonyl (C=S) groups is 1. The number of carbonyl (C=O) groups is 2. The molecule has 1 aliphatic carbocycles. The topological polar surface area (TPSA) is 59.8 Å². The molecule has 1 aromatic heterocycles. The van der Waals surface area contributed by atoms with E-state index in [4.69, 9.17) is 21.4 Å². The zero-order valence-electron chi connectivity index (χ0n) is 16.1. The second-order valence-electron chi connectivity index (χ2n) is 7.12. The Morgan fingerprint density at radius 1 is 1.24 bits per heavy atom. The minimum Gasteiger partial charge on any atom is -0.465 e. The third-order valence-corrected chi connectivity index (χ3v) is 6.56. The fraction of sp³-hybridized carbons (Fsp3) is 0.318. The van der Waals surface area contributed by atoms with E-state index in [1.165, 1.54) is 25.3 Å². The Bertz CT molecular complexity index is 988. The number of methoxy groups -OCH3 is 1. The lowest BCUT2D eigenvalue weighted by Crippen LogP contribution is -2.39. The summed E-state index contributed by atoms with van der Waals surface area (Å²) < 4.78 is 11.3. The molecule has 0 radical (unpaired) electrons. The van der Waals surface area contributed by atoms with Crippen LogP contribution in [0.5, 0.6) is 0 Å². The molecule has 7 heteroatoms. The Labute approximate surface area is 179 Å². The molecule has 2 fully saturated rings. The third-order valence-electron chi connectivity index (χ3n) is 5.23. The summed E-state index contributed by atoms with van der Waals surface area (Å²) in [7, 11) is 1.35. The Hall–Kier alpha value is -2.38. The largest absolute Gasteiger partial charge is 0.465 e. The molecule has 1 aromatic carbocycles. The maximum atomic E-state index is 12.9. The second-order valence-corrected chi connectivity index (χ2v) is 8.79. The summed E-state index contributed by atoms with van der Waals surface area (Å²) in [5, 5.41) is 0. The van der Waals surface area contributed by atoms with Crippen LogP contribution in [-0.4, -0.2) is 34.2 Å². The minimum absolute atomic E-state index is 0.0301. The van der Waals surface area contributed by atoms with E-state index in [9.17, 15) is 9.59 Å². The van der Waals surface area contributed by atoms with Crippen LogP contribution in [0.2, 0.25) is 0 Å². The first-order valence-corrected chi connectivity index (χ1v) is 10.8. The van der Waals surface area contributed by atoms with Crippen LogP contribution in [0.3, 0.4) is 0 Å². The van der Waals surface area contributed by atoms with Crippen LogP contribution in [-0.2, 0) is 9.53 Å². The van der Waals surface area contributed by atoms with E-state index < -0.39 is 5.97 Å². The van der Waals surface area contributed by atoms with Crippen molar-refractivity contribution in [2.24, 2.45) is 0 Å². The van der Waals surface area contributed by atoms with Crippen molar-refractivity contribution in [3.63, 3.8) is 0 Å². The van der Waals surface area contributed by atoms with Crippen LogP contribution in [0.25, 0.3) is 17.4 Å². The van der Waals surface area contributed by atoms with E-state index in [0.717, 1.165) is 31.2 Å². The SMILES string of the molecule is COC(=O)c1cccc(-c2ccc(C=C3SC(=S)N(C4CCCCC4)C3=O)o2)c1. The summed E-state index contributed by atoms with van der Waals surface area (Å²) in [6, 6.07) is 10.9. The molecular formula is C22H21NO4S2. The van der Waals surface area contributed by atoms with Gasteiger partial charge in [0.15, 0.2) is 0 Å². The molecule has 2 aromatic rings. The number of carbonyl (C=O) groups excluding carboxylic acids is 2. The standard InChI is InChI=1S/C22H21NO4S2/c1-26-21(25)15-7-5-6-14(12-15)18-11-10-17(27-18)13-19-20(24)23(22(28)29-19)16-8-3-2-4-9-16/h5-7,10-13,16H,2-4,8-9H2,1H3. The van der Waals surface area contributed by atoms with Gasteiger partial charge in [-0.05, 0) is 37.1 Å². The maximum absolute atomic E-state index is 12.9. The van der Waals surface area contributed by atoms with Crippen molar-refractivity contribution < 1.29 is 18.7 Å². The Kier molecular flexibility index (Phi) is 5.87. The molecular weight excluding hydrogens is 406 g/mol.